The van der Waals surface area contributed by atoms with Crippen LogP contribution >= 0.6 is 11.3 Å². The third-order valence-electron chi connectivity index (χ3n) is 3.30. The van der Waals surface area contributed by atoms with Gasteiger partial charge in [0.2, 0.25) is 0 Å². The molecule has 0 fully saturated rings. The van der Waals surface area contributed by atoms with Crippen LogP contribution < -0.4 is 4.74 Å². The number of thiazole rings is 1. The van der Waals surface area contributed by atoms with Gasteiger partial charge in [0.15, 0.2) is 0 Å². The number of nitrogens with zero attached hydrogens (tertiary/aromatic N) is 2. The van der Waals surface area contributed by atoms with E-state index in [1.165, 1.54) is 4.70 Å². The molecule has 4 nitrogen and oxygen atoms in total. The summed E-state index contributed by atoms with van der Waals surface area (Å²) in [6.07, 6.45) is 0. The lowest BCUT2D eigenvalue weighted by Crippen LogP contribution is -1.98. The summed E-state index contributed by atoms with van der Waals surface area (Å²) in [5.41, 5.74) is 2.89. The third-order valence-corrected chi connectivity index (χ3v) is 4.31. The zero-order valence-electron chi connectivity index (χ0n) is 13.2. The van der Waals surface area contributed by atoms with E-state index in [0.717, 1.165) is 27.5 Å². The molecule has 0 aliphatic heterocycles. The Morgan fingerprint density at radius 1 is 1.13 bits per heavy atom. The molecule has 0 bridgehead atoms. The number of aromatic nitrogens is 1. The first-order chi connectivity index (χ1) is 11.3. The van der Waals surface area contributed by atoms with Gasteiger partial charge in [0.25, 0.3) is 0 Å². The Kier molecular flexibility index (Phi) is 4.88. The zero-order chi connectivity index (χ0) is 16.1. The van der Waals surface area contributed by atoms with Crippen molar-refractivity contribution in [1.29, 1.82) is 0 Å². The van der Waals surface area contributed by atoms with Crippen molar-refractivity contribution in [2.75, 3.05) is 6.61 Å². The van der Waals surface area contributed by atoms with Crippen LogP contribution in [-0.2, 0) is 11.4 Å². The molecule has 0 N–H and O–H groups in total. The Morgan fingerprint density at radius 3 is 2.65 bits per heavy atom. The fraction of sp³-hybridized carbons (Fsp3) is 0.222. The first-order valence-electron chi connectivity index (χ1n) is 7.50. The van der Waals surface area contributed by atoms with Crippen LogP contribution in [0.2, 0.25) is 0 Å². The predicted octanol–water partition coefficient (Wildman–Crippen LogP) is 4.64. The average Bonchev–Trinajstić information content (AvgIpc) is 3.01. The monoisotopic (exact) mass is 326 g/mol. The van der Waals surface area contributed by atoms with Crippen LogP contribution in [0.1, 0.15) is 24.4 Å². The Hall–Kier alpha value is -2.40. The minimum atomic E-state index is 0.477. The average molecular weight is 326 g/mol. The Bertz CT molecular complexity index is 776. The van der Waals surface area contributed by atoms with E-state index in [-0.39, 0.29) is 0 Å². The number of fused-ring (bicyclic) bond motifs is 1. The largest absolute Gasteiger partial charge is 0.486 e. The molecule has 0 atom stereocenters. The van der Waals surface area contributed by atoms with Crippen LogP contribution in [0.4, 0.5) is 0 Å². The van der Waals surface area contributed by atoms with Crippen LogP contribution in [0.15, 0.2) is 53.7 Å². The third kappa shape index (κ3) is 3.87. The molecule has 0 aliphatic rings. The minimum Gasteiger partial charge on any atom is -0.486 e. The van der Waals surface area contributed by atoms with E-state index in [0.29, 0.717) is 13.2 Å². The van der Waals surface area contributed by atoms with Gasteiger partial charge in [-0.15, -0.1) is 11.3 Å². The predicted molar refractivity (Wildman–Crippen MR) is 94.2 cm³/mol. The van der Waals surface area contributed by atoms with Gasteiger partial charge in [-0.3, -0.25) is 0 Å². The number of ether oxygens (including phenoxy) is 1. The maximum absolute atomic E-state index is 5.81. The van der Waals surface area contributed by atoms with Crippen molar-refractivity contribution in [3.63, 3.8) is 0 Å². The molecule has 0 spiro atoms. The normalized spacial score (nSPS) is 11.7. The number of hydrogen-bond donors (Lipinski definition) is 0. The van der Waals surface area contributed by atoms with Gasteiger partial charge >= 0.3 is 0 Å². The van der Waals surface area contributed by atoms with E-state index in [2.05, 4.69) is 16.2 Å². The molecule has 2 aromatic carbocycles. The Balaban J connectivity index is 1.64. The highest BCUT2D eigenvalue weighted by molar-refractivity contribution is 7.18. The zero-order valence-corrected chi connectivity index (χ0v) is 14.0. The van der Waals surface area contributed by atoms with E-state index >= 15 is 0 Å². The summed E-state index contributed by atoms with van der Waals surface area (Å²) in [5, 5.41) is 5.00. The fourth-order valence-electron chi connectivity index (χ4n) is 2.13. The molecule has 23 heavy (non-hydrogen) atoms. The number of para-hydroxylation sites is 1. The summed E-state index contributed by atoms with van der Waals surface area (Å²) in [5.74, 6) is 0.817. The maximum atomic E-state index is 5.81. The van der Waals surface area contributed by atoms with E-state index < -0.39 is 0 Å². The number of hydrogen-bond acceptors (Lipinski definition) is 5. The second-order valence-corrected chi connectivity index (χ2v) is 6.10. The molecule has 3 rings (SSSR count). The second kappa shape index (κ2) is 7.24. The van der Waals surface area contributed by atoms with Gasteiger partial charge < -0.3 is 9.57 Å². The fourth-order valence-corrected chi connectivity index (χ4v) is 3.01. The maximum Gasteiger partial charge on any atom is 0.140 e. The van der Waals surface area contributed by atoms with Gasteiger partial charge in [-0.2, -0.15) is 0 Å². The number of rotatable bonds is 6. The van der Waals surface area contributed by atoms with Crippen LogP contribution in [-0.4, -0.2) is 17.3 Å². The summed E-state index contributed by atoms with van der Waals surface area (Å²) in [7, 11) is 0. The van der Waals surface area contributed by atoms with E-state index in [1.807, 2.05) is 56.3 Å². The molecular formula is C18H18N2O2S. The van der Waals surface area contributed by atoms with Crippen molar-refractivity contribution in [3.8, 4) is 5.75 Å². The summed E-state index contributed by atoms with van der Waals surface area (Å²) in [4.78, 5) is 9.63. The smallest absolute Gasteiger partial charge is 0.140 e. The van der Waals surface area contributed by atoms with Gasteiger partial charge in [-0.25, -0.2) is 4.98 Å². The molecule has 0 saturated carbocycles. The van der Waals surface area contributed by atoms with E-state index in [9.17, 15) is 0 Å². The molecule has 0 unspecified atom stereocenters. The molecule has 0 radical (unpaired) electrons. The summed E-state index contributed by atoms with van der Waals surface area (Å²) in [6, 6.07) is 15.9. The van der Waals surface area contributed by atoms with Crippen molar-refractivity contribution in [3.05, 3.63) is 59.1 Å². The molecule has 0 aliphatic carbocycles. The molecule has 5 heteroatoms. The summed E-state index contributed by atoms with van der Waals surface area (Å²) >= 11 is 1.66. The molecule has 0 amide bonds. The lowest BCUT2D eigenvalue weighted by molar-refractivity contribution is 0.159. The van der Waals surface area contributed by atoms with Gasteiger partial charge in [0.1, 0.15) is 24.0 Å². The molecule has 1 heterocycles. The van der Waals surface area contributed by atoms with Gasteiger partial charge in [0.05, 0.1) is 15.9 Å². The van der Waals surface area contributed by atoms with E-state index in [4.69, 9.17) is 9.57 Å². The van der Waals surface area contributed by atoms with Crippen molar-refractivity contribution >= 4 is 27.3 Å². The van der Waals surface area contributed by atoms with Crippen LogP contribution in [0.25, 0.3) is 10.2 Å². The highest BCUT2D eigenvalue weighted by atomic mass is 32.1. The molecule has 3 aromatic rings. The van der Waals surface area contributed by atoms with Crippen molar-refractivity contribution in [2.24, 2.45) is 5.16 Å². The van der Waals surface area contributed by atoms with Crippen molar-refractivity contribution in [2.45, 2.75) is 20.5 Å². The highest BCUT2D eigenvalue weighted by Crippen LogP contribution is 2.23. The van der Waals surface area contributed by atoms with E-state index in [1.54, 1.807) is 11.3 Å². The van der Waals surface area contributed by atoms with Crippen LogP contribution in [0, 0.1) is 0 Å². The number of oxime groups is 1. The first-order valence-corrected chi connectivity index (χ1v) is 8.32. The van der Waals surface area contributed by atoms with Gasteiger partial charge in [-0.1, -0.05) is 17.3 Å². The summed E-state index contributed by atoms with van der Waals surface area (Å²) < 4.78 is 7.00. The number of benzene rings is 2. The first kappa shape index (κ1) is 15.5. The van der Waals surface area contributed by atoms with Crippen molar-refractivity contribution < 1.29 is 9.57 Å². The van der Waals surface area contributed by atoms with Crippen LogP contribution in [0.5, 0.6) is 5.75 Å². The Morgan fingerprint density at radius 2 is 1.91 bits per heavy atom. The summed E-state index contributed by atoms with van der Waals surface area (Å²) in [6.45, 7) is 4.88. The van der Waals surface area contributed by atoms with Crippen molar-refractivity contribution in [1.82, 2.24) is 4.98 Å². The standard InChI is InChI=1S/C18H18N2O2S/c1-3-22-20-13(2)14-8-10-15(11-9-14)21-12-18-19-16-6-4-5-7-17(16)23-18/h4-11H,3,12H2,1-2H3. The molecule has 1 aromatic heterocycles. The Labute approximate surface area is 139 Å². The van der Waals surface area contributed by atoms with Crippen LogP contribution in [0.3, 0.4) is 0 Å². The topological polar surface area (TPSA) is 43.7 Å². The quantitative estimate of drug-likeness (QED) is 0.490. The molecular weight excluding hydrogens is 308 g/mol. The minimum absolute atomic E-state index is 0.477. The lowest BCUT2D eigenvalue weighted by Gasteiger charge is -2.05. The lowest BCUT2D eigenvalue weighted by atomic mass is 10.1. The second-order valence-electron chi connectivity index (χ2n) is 4.98. The SMILES string of the molecule is CCON=C(C)c1ccc(OCc2nc3ccccc3s2)cc1. The van der Waals surface area contributed by atoms with Gasteiger partial charge in [-0.05, 0) is 55.8 Å². The van der Waals surface area contributed by atoms with Gasteiger partial charge in [0, 0.05) is 0 Å². The highest BCUT2D eigenvalue weighted by Gasteiger charge is 2.04. The molecule has 118 valence electrons. The molecule has 0 saturated heterocycles.